The van der Waals surface area contributed by atoms with Crippen molar-refractivity contribution in [2.75, 3.05) is 0 Å². The van der Waals surface area contributed by atoms with E-state index in [1.165, 1.54) is 19.3 Å². The van der Waals surface area contributed by atoms with Gasteiger partial charge in [0.15, 0.2) is 0 Å². The molecule has 0 heterocycles. The zero-order chi connectivity index (χ0) is 12.3. The summed E-state index contributed by atoms with van der Waals surface area (Å²) in [6.07, 6.45) is 4.85. The molecule has 0 saturated heterocycles. The number of rotatable bonds is 3. The monoisotopic (exact) mass is 304 g/mol. The Hall–Kier alpha value is -0.630. The molecular weight excluding hydrogens is 288 g/mol. The van der Waals surface area contributed by atoms with Crippen LogP contribution in [0.15, 0.2) is 28.7 Å². The molecule has 18 heavy (non-hydrogen) atoms. The van der Waals surface area contributed by atoms with Gasteiger partial charge in [0.25, 0.3) is 0 Å². The van der Waals surface area contributed by atoms with Gasteiger partial charge in [-0.2, -0.15) is 0 Å². The lowest BCUT2D eigenvalue weighted by atomic mass is 9.96. The van der Waals surface area contributed by atoms with Gasteiger partial charge in [-0.05, 0) is 60.6 Å². The molecule has 0 spiro atoms. The molecule has 4 rings (SSSR count). The number of fused-ring (bicyclic) bond motifs is 5. The quantitative estimate of drug-likeness (QED) is 0.829. The summed E-state index contributed by atoms with van der Waals surface area (Å²) in [4.78, 5) is 12.4. The molecule has 0 radical (unpaired) electrons. The van der Waals surface area contributed by atoms with E-state index in [2.05, 4.69) is 28.1 Å². The summed E-state index contributed by atoms with van der Waals surface area (Å²) in [5, 5.41) is 0. The number of carbonyl (C=O) groups is 1. The molecular formula is C16H17BrO. The molecule has 2 heteroatoms. The predicted molar refractivity (Wildman–Crippen MR) is 74.2 cm³/mol. The maximum atomic E-state index is 12.4. The number of halogens is 1. The van der Waals surface area contributed by atoms with Crippen LogP contribution in [0.3, 0.4) is 0 Å². The summed E-state index contributed by atoms with van der Waals surface area (Å²) in [5.41, 5.74) is 1.16. The van der Waals surface area contributed by atoms with Crippen LogP contribution in [0.25, 0.3) is 0 Å². The van der Waals surface area contributed by atoms with Crippen LogP contribution in [0.1, 0.15) is 24.8 Å². The first-order chi connectivity index (χ1) is 8.74. The van der Waals surface area contributed by atoms with E-state index in [1.54, 1.807) is 0 Å². The zero-order valence-corrected chi connectivity index (χ0v) is 11.9. The maximum absolute atomic E-state index is 12.4. The summed E-state index contributed by atoms with van der Waals surface area (Å²) in [6.45, 7) is 0. The standard InChI is InChI=1S/C16H17BrO/c17-12-3-1-2-9(6-12)7-13(18)16-14-10-4-5-11(8-10)15(14)16/h1-3,6,10-11,14-16H,4-5,7-8H2. The summed E-state index contributed by atoms with van der Waals surface area (Å²) in [6, 6.07) is 8.17. The van der Waals surface area contributed by atoms with Crippen LogP contribution in [0.5, 0.6) is 0 Å². The smallest absolute Gasteiger partial charge is 0.140 e. The van der Waals surface area contributed by atoms with E-state index in [0.29, 0.717) is 18.1 Å². The molecule has 2 bridgehead atoms. The van der Waals surface area contributed by atoms with Gasteiger partial charge in [0.05, 0.1) is 0 Å². The number of carbonyl (C=O) groups excluding carboxylic acids is 1. The van der Waals surface area contributed by atoms with Gasteiger partial charge in [-0.25, -0.2) is 0 Å². The molecule has 94 valence electrons. The SMILES string of the molecule is O=C(Cc1cccc(Br)c1)C1C2C3CCC(C3)C12. The number of hydrogen-bond donors (Lipinski definition) is 0. The average Bonchev–Trinajstić information content (AvgIpc) is 2.79. The van der Waals surface area contributed by atoms with Gasteiger partial charge < -0.3 is 0 Å². The van der Waals surface area contributed by atoms with Crippen molar-refractivity contribution in [3.63, 3.8) is 0 Å². The fourth-order valence-corrected chi connectivity index (χ4v) is 5.17. The van der Waals surface area contributed by atoms with Crippen molar-refractivity contribution >= 4 is 21.7 Å². The minimum atomic E-state index is 0.426. The normalized spacial score (nSPS) is 39.7. The van der Waals surface area contributed by atoms with Gasteiger partial charge >= 0.3 is 0 Å². The number of Topliss-reactive ketones (excluding diaryl/α,β-unsaturated/α-hetero) is 1. The Morgan fingerprint density at radius 1 is 1.22 bits per heavy atom. The van der Waals surface area contributed by atoms with Crippen LogP contribution in [0.4, 0.5) is 0 Å². The highest BCUT2D eigenvalue weighted by atomic mass is 79.9. The first-order valence-electron chi connectivity index (χ1n) is 7.01. The van der Waals surface area contributed by atoms with E-state index in [4.69, 9.17) is 0 Å². The van der Waals surface area contributed by atoms with Crippen LogP contribution in [-0.4, -0.2) is 5.78 Å². The van der Waals surface area contributed by atoms with Crippen LogP contribution in [-0.2, 0) is 11.2 Å². The molecule has 3 aliphatic rings. The third-order valence-electron chi connectivity index (χ3n) is 5.37. The Morgan fingerprint density at radius 3 is 2.61 bits per heavy atom. The first kappa shape index (κ1) is 11.2. The Balaban J connectivity index is 1.47. The number of hydrogen-bond acceptors (Lipinski definition) is 1. The van der Waals surface area contributed by atoms with Crippen molar-refractivity contribution < 1.29 is 4.79 Å². The van der Waals surface area contributed by atoms with Crippen molar-refractivity contribution in [1.82, 2.24) is 0 Å². The molecule has 4 atom stereocenters. The molecule has 1 aromatic carbocycles. The van der Waals surface area contributed by atoms with Crippen LogP contribution >= 0.6 is 15.9 Å². The maximum Gasteiger partial charge on any atom is 0.140 e. The van der Waals surface area contributed by atoms with E-state index < -0.39 is 0 Å². The molecule has 3 saturated carbocycles. The summed E-state index contributed by atoms with van der Waals surface area (Å²) < 4.78 is 1.07. The minimum absolute atomic E-state index is 0.426. The van der Waals surface area contributed by atoms with E-state index >= 15 is 0 Å². The van der Waals surface area contributed by atoms with E-state index in [1.807, 2.05) is 12.1 Å². The second kappa shape index (κ2) is 3.93. The Labute approximate surface area is 116 Å². The third-order valence-corrected chi connectivity index (χ3v) is 5.87. The van der Waals surface area contributed by atoms with E-state index in [0.717, 1.165) is 33.7 Å². The van der Waals surface area contributed by atoms with Crippen molar-refractivity contribution in [2.24, 2.45) is 29.6 Å². The molecule has 0 N–H and O–H groups in total. The minimum Gasteiger partial charge on any atom is -0.299 e. The summed E-state index contributed by atoms with van der Waals surface area (Å²) in [7, 11) is 0. The van der Waals surface area contributed by atoms with Crippen molar-refractivity contribution in [1.29, 1.82) is 0 Å². The first-order valence-corrected chi connectivity index (χ1v) is 7.80. The molecule has 4 unspecified atom stereocenters. The van der Waals surface area contributed by atoms with Gasteiger partial charge in [-0.1, -0.05) is 28.1 Å². The van der Waals surface area contributed by atoms with E-state index in [9.17, 15) is 4.79 Å². The predicted octanol–water partition coefficient (Wildman–Crippen LogP) is 3.85. The topological polar surface area (TPSA) is 17.1 Å². The highest BCUT2D eigenvalue weighted by molar-refractivity contribution is 9.10. The lowest BCUT2D eigenvalue weighted by Crippen LogP contribution is -2.12. The van der Waals surface area contributed by atoms with Gasteiger partial charge in [0.1, 0.15) is 5.78 Å². The molecule has 3 aliphatic carbocycles. The summed E-state index contributed by atoms with van der Waals surface area (Å²) >= 11 is 3.47. The van der Waals surface area contributed by atoms with Crippen LogP contribution in [0.2, 0.25) is 0 Å². The highest BCUT2D eigenvalue weighted by Gasteiger charge is 2.66. The molecule has 0 aliphatic heterocycles. The van der Waals surface area contributed by atoms with Crippen molar-refractivity contribution in [3.05, 3.63) is 34.3 Å². The highest BCUT2D eigenvalue weighted by Crippen LogP contribution is 2.69. The fourth-order valence-electron chi connectivity index (χ4n) is 4.72. The second-order valence-electron chi connectivity index (χ2n) is 6.29. The van der Waals surface area contributed by atoms with Crippen molar-refractivity contribution in [2.45, 2.75) is 25.7 Å². The lowest BCUT2D eigenvalue weighted by Gasteiger charge is -2.08. The third kappa shape index (κ3) is 1.61. The van der Waals surface area contributed by atoms with Crippen LogP contribution in [0, 0.1) is 29.6 Å². The molecule has 0 aromatic heterocycles. The fraction of sp³-hybridized carbons (Fsp3) is 0.562. The van der Waals surface area contributed by atoms with Crippen LogP contribution < -0.4 is 0 Å². The summed E-state index contributed by atoms with van der Waals surface area (Å²) in [5.74, 6) is 4.29. The van der Waals surface area contributed by atoms with Crippen molar-refractivity contribution in [3.8, 4) is 0 Å². The molecule has 1 aromatic rings. The molecule has 1 nitrogen and oxygen atoms in total. The van der Waals surface area contributed by atoms with Gasteiger partial charge in [0, 0.05) is 16.8 Å². The molecule has 0 amide bonds. The second-order valence-corrected chi connectivity index (χ2v) is 7.20. The Morgan fingerprint density at radius 2 is 1.94 bits per heavy atom. The molecule has 3 fully saturated rings. The average molecular weight is 305 g/mol. The number of ketones is 1. The van der Waals surface area contributed by atoms with Gasteiger partial charge in [-0.15, -0.1) is 0 Å². The lowest BCUT2D eigenvalue weighted by molar-refractivity contribution is -0.120. The van der Waals surface area contributed by atoms with Gasteiger partial charge in [-0.3, -0.25) is 4.79 Å². The van der Waals surface area contributed by atoms with Gasteiger partial charge in [0.2, 0.25) is 0 Å². The van der Waals surface area contributed by atoms with E-state index in [-0.39, 0.29) is 0 Å². The Bertz CT molecular complexity index is 494. The largest absolute Gasteiger partial charge is 0.299 e. The number of benzene rings is 1. The Kier molecular flexibility index (Phi) is 2.45. The zero-order valence-electron chi connectivity index (χ0n) is 10.3.